The number of aryl methyl sites for hydroxylation is 2. The fourth-order valence-corrected chi connectivity index (χ4v) is 3.63. The SMILES string of the molecule is Cc1cc2nc(-c3ccc(C(=O)NNC(=S)Nc4ccccc4Br)cc3)[nH]c2cc1C. The van der Waals surface area contributed by atoms with Gasteiger partial charge in [-0.3, -0.25) is 15.6 Å². The second-order valence-electron chi connectivity index (χ2n) is 7.13. The van der Waals surface area contributed by atoms with E-state index in [1.165, 1.54) is 11.1 Å². The van der Waals surface area contributed by atoms with Crippen LogP contribution in [0.5, 0.6) is 0 Å². The number of imidazole rings is 1. The van der Waals surface area contributed by atoms with Crippen LogP contribution in [0.1, 0.15) is 21.5 Å². The Morgan fingerprint density at radius 2 is 1.71 bits per heavy atom. The molecule has 156 valence electrons. The molecule has 4 N–H and O–H groups in total. The van der Waals surface area contributed by atoms with Crippen LogP contribution in [0.15, 0.2) is 65.1 Å². The van der Waals surface area contributed by atoms with E-state index in [1.54, 1.807) is 12.1 Å². The van der Waals surface area contributed by atoms with E-state index >= 15 is 0 Å². The third kappa shape index (κ3) is 4.76. The maximum Gasteiger partial charge on any atom is 0.269 e. The summed E-state index contributed by atoms with van der Waals surface area (Å²) in [7, 11) is 0. The zero-order valence-electron chi connectivity index (χ0n) is 16.9. The topological polar surface area (TPSA) is 81.8 Å². The quantitative estimate of drug-likeness (QED) is 0.231. The van der Waals surface area contributed by atoms with Gasteiger partial charge in [0.1, 0.15) is 5.82 Å². The van der Waals surface area contributed by atoms with E-state index in [4.69, 9.17) is 12.2 Å². The Bertz CT molecular complexity index is 1240. The van der Waals surface area contributed by atoms with Crippen molar-refractivity contribution in [3.05, 3.63) is 81.8 Å². The highest BCUT2D eigenvalue weighted by Gasteiger charge is 2.10. The number of hydrazine groups is 1. The van der Waals surface area contributed by atoms with Gasteiger partial charge in [0.15, 0.2) is 5.11 Å². The average molecular weight is 494 g/mol. The third-order valence-electron chi connectivity index (χ3n) is 4.93. The van der Waals surface area contributed by atoms with Crippen molar-refractivity contribution in [2.75, 3.05) is 5.32 Å². The molecule has 0 spiro atoms. The molecule has 3 aromatic carbocycles. The molecule has 4 aromatic rings. The van der Waals surface area contributed by atoms with Crippen molar-refractivity contribution in [1.82, 2.24) is 20.8 Å². The van der Waals surface area contributed by atoms with Crippen LogP contribution in [0.3, 0.4) is 0 Å². The second-order valence-corrected chi connectivity index (χ2v) is 8.39. The van der Waals surface area contributed by atoms with Gasteiger partial charge in [0.2, 0.25) is 0 Å². The Morgan fingerprint density at radius 3 is 2.45 bits per heavy atom. The number of aromatic nitrogens is 2. The molecule has 0 aliphatic rings. The van der Waals surface area contributed by atoms with Crippen LogP contribution in [0.2, 0.25) is 0 Å². The number of hydrogen-bond acceptors (Lipinski definition) is 3. The molecule has 8 heteroatoms. The molecule has 1 heterocycles. The minimum Gasteiger partial charge on any atom is -0.338 e. The van der Waals surface area contributed by atoms with Crippen molar-refractivity contribution in [3.63, 3.8) is 0 Å². The van der Waals surface area contributed by atoms with Crippen molar-refractivity contribution in [2.45, 2.75) is 13.8 Å². The molecule has 0 unspecified atom stereocenters. The summed E-state index contributed by atoms with van der Waals surface area (Å²) in [4.78, 5) is 20.4. The second kappa shape index (κ2) is 8.87. The number of H-pyrrole nitrogens is 1. The minimum atomic E-state index is -0.293. The first-order valence-corrected chi connectivity index (χ1v) is 10.8. The van der Waals surface area contributed by atoms with Crippen molar-refractivity contribution in [3.8, 4) is 11.4 Å². The lowest BCUT2D eigenvalue weighted by atomic mass is 10.1. The van der Waals surface area contributed by atoms with E-state index in [-0.39, 0.29) is 11.0 Å². The molecule has 0 atom stereocenters. The number of nitrogens with one attached hydrogen (secondary N) is 4. The van der Waals surface area contributed by atoms with Gasteiger partial charge in [-0.25, -0.2) is 4.98 Å². The molecule has 1 amide bonds. The summed E-state index contributed by atoms with van der Waals surface area (Å²) in [6.45, 7) is 4.15. The van der Waals surface area contributed by atoms with Gasteiger partial charge in [0.05, 0.1) is 16.7 Å². The van der Waals surface area contributed by atoms with Crippen molar-refractivity contribution >= 4 is 55.9 Å². The van der Waals surface area contributed by atoms with E-state index in [0.717, 1.165) is 32.6 Å². The summed E-state index contributed by atoms with van der Waals surface area (Å²) in [5, 5.41) is 3.30. The summed E-state index contributed by atoms with van der Waals surface area (Å²) in [6.07, 6.45) is 0. The van der Waals surface area contributed by atoms with Gasteiger partial charge in [-0.1, -0.05) is 24.3 Å². The number of halogens is 1. The molecule has 0 radical (unpaired) electrons. The van der Waals surface area contributed by atoms with E-state index in [0.29, 0.717) is 5.56 Å². The number of nitrogens with zero attached hydrogens (tertiary/aromatic N) is 1. The molecule has 1 aromatic heterocycles. The van der Waals surface area contributed by atoms with Crippen molar-refractivity contribution < 1.29 is 4.79 Å². The number of carbonyl (C=O) groups is 1. The average Bonchev–Trinajstić information content (AvgIpc) is 3.17. The fraction of sp³-hybridized carbons (Fsp3) is 0.0870. The molecule has 4 rings (SSSR count). The lowest BCUT2D eigenvalue weighted by molar-refractivity contribution is 0.0944. The Kier molecular flexibility index (Phi) is 6.01. The number of para-hydroxylation sites is 1. The first-order valence-electron chi connectivity index (χ1n) is 9.60. The van der Waals surface area contributed by atoms with E-state index in [1.807, 2.05) is 36.4 Å². The summed E-state index contributed by atoms with van der Waals surface area (Å²) in [5.41, 5.74) is 11.9. The van der Waals surface area contributed by atoms with Crippen LogP contribution >= 0.6 is 28.1 Å². The van der Waals surface area contributed by atoms with E-state index in [9.17, 15) is 4.79 Å². The number of thiocarbonyl (C=S) groups is 1. The van der Waals surface area contributed by atoms with E-state index in [2.05, 4.69) is 68.0 Å². The Hall–Kier alpha value is -3.23. The standard InChI is InChI=1S/C23H20BrN5OS/c1-13-11-19-20(12-14(13)2)26-21(25-19)15-7-9-16(10-8-15)22(30)28-29-23(31)27-18-6-4-3-5-17(18)24/h3-12H,1-2H3,(H,25,26)(H,28,30)(H2,27,29,31). The highest BCUT2D eigenvalue weighted by atomic mass is 79.9. The number of amides is 1. The third-order valence-corrected chi connectivity index (χ3v) is 5.83. The van der Waals surface area contributed by atoms with Gasteiger partial charge in [-0.2, -0.15) is 0 Å². The molecule has 0 aliphatic heterocycles. The van der Waals surface area contributed by atoms with Gasteiger partial charge < -0.3 is 10.3 Å². The predicted molar refractivity (Wildman–Crippen MR) is 132 cm³/mol. The number of benzene rings is 3. The predicted octanol–water partition coefficient (Wildman–Crippen LogP) is 5.24. The normalized spacial score (nSPS) is 10.7. The monoisotopic (exact) mass is 493 g/mol. The number of anilines is 1. The lowest BCUT2D eigenvalue weighted by Gasteiger charge is -2.12. The lowest BCUT2D eigenvalue weighted by Crippen LogP contribution is -2.43. The molecule has 0 aliphatic carbocycles. The molecule has 0 saturated carbocycles. The summed E-state index contributed by atoms with van der Waals surface area (Å²) < 4.78 is 0.872. The summed E-state index contributed by atoms with van der Waals surface area (Å²) in [6, 6.07) is 19.0. The highest BCUT2D eigenvalue weighted by Crippen LogP contribution is 2.23. The van der Waals surface area contributed by atoms with Crippen LogP contribution in [0.4, 0.5) is 5.69 Å². The zero-order valence-corrected chi connectivity index (χ0v) is 19.3. The maximum absolute atomic E-state index is 12.4. The number of aromatic amines is 1. The Balaban J connectivity index is 1.40. The van der Waals surface area contributed by atoms with Crippen LogP contribution in [0, 0.1) is 13.8 Å². The maximum atomic E-state index is 12.4. The Morgan fingerprint density at radius 1 is 1.00 bits per heavy atom. The molecule has 0 fully saturated rings. The highest BCUT2D eigenvalue weighted by molar-refractivity contribution is 9.10. The van der Waals surface area contributed by atoms with Crippen molar-refractivity contribution in [1.29, 1.82) is 0 Å². The van der Waals surface area contributed by atoms with Crippen LogP contribution in [-0.2, 0) is 0 Å². The van der Waals surface area contributed by atoms with Crippen molar-refractivity contribution in [2.24, 2.45) is 0 Å². The van der Waals surface area contributed by atoms with Gasteiger partial charge in [-0.15, -0.1) is 0 Å². The largest absolute Gasteiger partial charge is 0.338 e. The van der Waals surface area contributed by atoms with Crippen LogP contribution in [-0.4, -0.2) is 21.0 Å². The van der Waals surface area contributed by atoms with Crippen LogP contribution in [0.25, 0.3) is 22.4 Å². The smallest absolute Gasteiger partial charge is 0.269 e. The first-order chi connectivity index (χ1) is 14.9. The molecule has 31 heavy (non-hydrogen) atoms. The number of rotatable bonds is 3. The molecule has 6 nitrogen and oxygen atoms in total. The molecule has 0 bridgehead atoms. The van der Waals surface area contributed by atoms with Crippen LogP contribution < -0.4 is 16.2 Å². The Labute approximate surface area is 193 Å². The molecule has 0 saturated heterocycles. The zero-order chi connectivity index (χ0) is 22.0. The molecular formula is C23H20BrN5OS. The summed E-state index contributed by atoms with van der Waals surface area (Å²) in [5.74, 6) is 0.475. The van der Waals surface area contributed by atoms with Gasteiger partial charge >= 0.3 is 0 Å². The summed E-state index contributed by atoms with van der Waals surface area (Å²) >= 11 is 8.67. The van der Waals surface area contributed by atoms with Gasteiger partial charge in [0.25, 0.3) is 5.91 Å². The minimum absolute atomic E-state index is 0.282. The molecular weight excluding hydrogens is 474 g/mol. The fourth-order valence-electron chi connectivity index (χ4n) is 3.09. The van der Waals surface area contributed by atoms with Gasteiger partial charge in [0, 0.05) is 15.6 Å². The first kappa shape index (κ1) is 21.0. The van der Waals surface area contributed by atoms with E-state index < -0.39 is 0 Å². The number of carbonyl (C=O) groups excluding carboxylic acids is 1. The van der Waals surface area contributed by atoms with Gasteiger partial charge in [-0.05, 0) is 89.5 Å². The number of hydrogen-bond donors (Lipinski definition) is 4. The number of fused-ring (bicyclic) bond motifs is 1.